The van der Waals surface area contributed by atoms with Crippen LogP contribution in [0.15, 0.2) is 12.1 Å². The number of benzene rings is 1. The molecule has 0 aliphatic carbocycles. The highest BCUT2D eigenvalue weighted by Gasteiger charge is 2.10. The molecule has 0 saturated carbocycles. The SMILES string of the molecule is CC[C@@H](C)NCc1cc(Cl)cc(Cl)c1OC. The average molecular weight is 262 g/mol. The van der Waals surface area contributed by atoms with Gasteiger partial charge in [0.25, 0.3) is 0 Å². The zero-order valence-corrected chi connectivity index (χ0v) is 11.3. The van der Waals surface area contributed by atoms with Crippen molar-refractivity contribution in [2.45, 2.75) is 32.9 Å². The molecule has 0 aromatic heterocycles. The van der Waals surface area contributed by atoms with Gasteiger partial charge in [-0.05, 0) is 25.5 Å². The molecule has 1 N–H and O–H groups in total. The molecule has 0 spiro atoms. The summed E-state index contributed by atoms with van der Waals surface area (Å²) in [6.07, 6.45) is 1.08. The number of hydrogen-bond acceptors (Lipinski definition) is 2. The molecule has 0 radical (unpaired) electrons. The Labute approximate surface area is 107 Å². The Hall–Kier alpha value is -0.440. The van der Waals surface area contributed by atoms with Crippen molar-refractivity contribution >= 4 is 23.2 Å². The van der Waals surface area contributed by atoms with Crippen LogP contribution in [0, 0.1) is 0 Å². The van der Waals surface area contributed by atoms with E-state index in [2.05, 4.69) is 19.2 Å². The van der Waals surface area contributed by atoms with Crippen molar-refractivity contribution in [3.05, 3.63) is 27.7 Å². The van der Waals surface area contributed by atoms with Crippen molar-refractivity contribution < 1.29 is 4.74 Å². The maximum absolute atomic E-state index is 6.05. The van der Waals surface area contributed by atoms with E-state index >= 15 is 0 Å². The van der Waals surface area contributed by atoms with Gasteiger partial charge >= 0.3 is 0 Å². The van der Waals surface area contributed by atoms with Gasteiger partial charge in [0.2, 0.25) is 0 Å². The lowest BCUT2D eigenvalue weighted by Gasteiger charge is -2.15. The van der Waals surface area contributed by atoms with Gasteiger partial charge in [-0.3, -0.25) is 0 Å². The lowest BCUT2D eigenvalue weighted by Crippen LogP contribution is -2.24. The zero-order valence-electron chi connectivity index (χ0n) is 9.81. The molecule has 0 heterocycles. The molecule has 0 bridgehead atoms. The first kappa shape index (κ1) is 13.6. The van der Waals surface area contributed by atoms with Crippen LogP contribution in [0.3, 0.4) is 0 Å². The molecule has 1 atom stereocenters. The standard InChI is InChI=1S/C12H17Cl2NO/c1-4-8(2)15-7-9-5-10(13)6-11(14)12(9)16-3/h5-6,8,15H,4,7H2,1-3H3/t8-/m1/s1. The van der Waals surface area contributed by atoms with Crippen LogP contribution in [0.2, 0.25) is 10.0 Å². The van der Waals surface area contributed by atoms with E-state index < -0.39 is 0 Å². The minimum atomic E-state index is 0.461. The number of ether oxygens (including phenoxy) is 1. The first-order chi connectivity index (χ1) is 7.58. The van der Waals surface area contributed by atoms with Crippen molar-refractivity contribution in [2.75, 3.05) is 7.11 Å². The van der Waals surface area contributed by atoms with Gasteiger partial charge in [-0.1, -0.05) is 30.1 Å². The van der Waals surface area contributed by atoms with Crippen LogP contribution < -0.4 is 10.1 Å². The number of hydrogen-bond donors (Lipinski definition) is 1. The fraction of sp³-hybridized carbons (Fsp3) is 0.500. The third-order valence-electron chi connectivity index (χ3n) is 2.54. The summed E-state index contributed by atoms with van der Waals surface area (Å²) in [6.45, 7) is 4.98. The minimum Gasteiger partial charge on any atom is -0.495 e. The van der Waals surface area contributed by atoms with E-state index in [1.165, 1.54) is 0 Å². The second-order valence-electron chi connectivity index (χ2n) is 3.77. The van der Waals surface area contributed by atoms with E-state index in [1.54, 1.807) is 13.2 Å². The van der Waals surface area contributed by atoms with E-state index in [0.717, 1.165) is 12.0 Å². The van der Waals surface area contributed by atoms with Gasteiger partial charge in [0.15, 0.2) is 0 Å². The van der Waals surface area contributed by atoms with Crippen molar-refractivity contribution in [3.8, 4) is 5.75 Å². The molecule has 16 heavy (non-hydrogen) atoms. The fourth-order valence-electron chi connectivity index (χ4n) is 1.40. The van der Waals surface area contributed by atoms with Crippen LogP contribution in [0.4, 0.5) is 0 Å². The van der Waals surface area contributed by atoms with Crippen molar-refractivity contribution in [1.29, 1.82) is 0 Å². The Bertz CT molecular complexity index is 355. The molecule has 1 aromatic carbocycles. The van der Waals surface area contributed by atoms with Crippen molar-refractivity contribution in [2.24, 2.45) is 0 Å². The molecular formula is C12H17Cl2NO. The molecule has 2 nitrogen and oxygen atoms in total. The first-order valence-electron chi connectivity index (χ1n) is 5.33. The van der Waals surface area contributed by atoms with Gasteiger partial charge in [0, 0.05) is 23.2 Å². The van der Waals surface area contributed by atoms with E-state index in [4.69, 9.17) is 27.9 Å². The third-order valence-corrected chi connectivity index (χ3v) is 3.04. The highest BCUT2D eigenvalue weighted by atomic mass is 35.5. The van der Waals surface area contributed by atoms with Gasteiger partial charge in [-0.15, -0.1) is 0 Å². The van der Waals surface area contributed by atoms with Crippen LogP contribution in [0.5, 0.6) is 5.75 Å². The largest absolute Gasteiger partial charge is 0.495 e. The molecule has 0 unspecified atom stereocenters. The molecule has 90 valence electrons. The molecule has 0 fully saturated rings. The normalized spacial score (nSPS) is 12.6. The van der Waals surface area contributed by atoms with Gasteiger partial charge in [-0.25, -0.2) is 0 Å². The Morgan fingerprint density at radius 1 is 1.38 bits per heavy atom. The highest BCUT2D eigenvalue weighted by Crippen LogP contribution is 2.32. The summed E-state index contributed by atoms with van der Waals surface area (Å²) >= 11 is 12.0. The van der Waals surface area contributed by atoms with Gasteiger partial charge in [0.1, 0.15) is 5.75 Å². The molecule has 0 saturated heterocycles. The Morgan fingerprint density at radius 3 is 2.62 bits per heavy atom. The van der Waals surface area contributed by atoms with Gasteiger partial charge < -0.3 is 10.1 Å². The summed E-state index contributed by atoms with van der Waals surface area (Å²) in [7, 11) is 1.61. The molecule has 0 amide bonds. The van der Waals surface area contributed by atoms with Crippen LogP contribution >= 0.6 is 23.2 Å². The topological polar surface area (TPSA) is 21.3 Å². The zero-order chi connectivity index (χ0) is 12.1. The maximum Gasteiger partial charge on any atom is 0.142 e. The number of nitrogens with one attached hydrogen (secondary N) is 1. The third kappa shape index (κ3) is 3.55. The average Bonchev–Trinajstić information content (AvgIpc) is 2.25. The van der Waals surface area contributed by atoms with Crippen molar-refractivity contribution in [1.82, 2.24) is 5.32 Å². The van der Waals surface area contributed by atoms with E-state index in [9.17, 15) is 0 Å². The van der Waals surface area contributed by atoms with E-state index in [0.29, 0.717) is 28.4 Å². The highest BCUT2D eigenvalue weighted by molar-refractivity contribution is 6.35. The summed E-state index contributed by atoms with van der Waals surface area (Å²) in [6, 6.07) is 4.03. The van der Waals surface area contributed by atoms with Crippen molar-refractivity contribution in [3.63, 3.8) is 0 Å². The predicted molar refractivity (Wildman–Crippen MR) is 69.6 cm³/mol. The monoisotopic (exact) mass is 261 g/mol. The summed E-state index contributed by atoms with van der Waals surface area (Å²) < 4.78 is 5.27. The maximum atomic E-state index is 6.05. The quantitative estimate of drug-likeness (QED) is 0.869. The summed E-state index contributed by atoms with van der Waals surface area (Å²) in [5.41, 5.74) is 0.986. The smallest absolute Gasteiger partial charge is 0.142 e. The molecule has 1 rings (SSSR count). The molecule has 0 aliphatic rings. The van der Waals surface area contributed by atoms with E-state index in [1.807, 2.05) is 6.07 Å². The predicted octanol–water partition coefficient (Wildman–Crippen LogP) is 3.89. The van der Waals surface area contributed by atoms with E-state index in [-0.39, 0.29) is 0 Å². The lowest BCUT2D eigenvalue weighted by atomic mass is 10.1. The van der Waals surface area contributed by atoms with Crippen LogP contribution in [-0.4, -0.2) is 13.2 Å². The molecule has 4 heteroatoms. The number of halogens is 2. The second-order valence-corrected chi connectivity index (χ2v) is 4.61. The first-order valence-corrected chi connectivity index (χ1v) is 6.09. The second kappa shape index (κ2) is 6.33. The minimum absolute atomic E-state index is 0.461. The number of methoxy groups -OCH3 is 1. The van der Waals surface area contributed by atoms with Gasteiger partial charge in [0.05, 0.1) is 12.1 Å². The van der Waals surface area contributed by atoms with Crippen LogP contribution in [-0.2, 0) is 6.54 Å². The number of rotatable bonds is 5. The molecular weight excluding hydrogens is 245 g/mol. The van der Waals surface area contributed by atoms with Crippen LogP contribution in [0.1, 0.15) is 25.8 Å². The van der Waals surface area contributed by atoms with Crippen LogP contribution in [0.25, 0.3) is 0 Å². The Morgan fingerprint density at radius 2 is 2.06 bits per heavy atom. The van der Waals surface area contributed by atoms with Gasteiger partial charge in [-0.2, -0.15) is 0 Å². The fourth-order valence-corrected chi connectivity index (χ4v) is 2.01. The summed E-state index contributed by atoms with van der Waals surface area (Å²) in [5, 5.41) is 4.56. The molecule has 1 aromatic rings. The molecule has 0 aliphatic heterocycles. The lowest BCUT2D eigenvalue weighted by molar-refractivity contribution is 0.405. The summed E-state index contributed by atoms with van der Waals surface area (Å²) in [5.74, 6) is 0.696. The Kier molecular flexibility index (Phi) is 5.39. The summed E-state index contributed by atoms with van der Waals surface area (Å²) in [4.78, 5) is 0. The Balaban J connectivity index is 2.85.